The third kappa shape index (κ3) is 2.66. The van der Waals surface area contributed by atoms with E-state index in [4.69, 9.17) is 5.41 Å². The second-order valence-electron chi connectivity index (χ2n) is 3.40. The Morgan fingerprint density at radius 3 is 2.33 bits per heavy atom. The largest absolute Gasteiger partial charge is 0.292 e. The van der Waals surface area contributed by atoms with E-state index in [1.165, 1.54) is 11.6 Å². The average molecular weight is 456 g/mol. The molecule has 0 fully saturated rings. The van der Waals surface area contributed by atoms with Crippen molar-refractivity contribution in [2.45, 2.75) is 6.92 Å². The lowest BCUT2D eigenvalue weighted by atomic mass is 10.3. The zero-order valence-corrected chi connectivity index (χ0v) is 14.6. The molecule has 0 aliphatic carbocycles. The molecule has 2 rings (SSSR count). The summed E-state index contributed by atoms with van der Waals surface area (Å²) in [5, 5.41) is 12.4. The second kappa shape index (κ2) is 5.36. The number of hydrogen-bond donors (Lipinski definition) is 1. The summed E-state index contributed by atoms with van der Waals surface area (Å²) in [6, 6.07) is 3.72. The monoisotopic (exact) mass is 453 g/mol. The first kappa shape index (κ1) is 14.1. The predicted molar refractivity (Wildman–Crippen MR) is 80.4 cm³/mol. The molecule has 1 aromatic carbocycles. The molecule has 0 atom stereocenters. The van der Waals surface area contributed by atoms with Gasteiger partial charge in [-0.15, -0.1) is 0 Å². The number of halogens is 3. The summed E-state index contributed by atoms with van der Waals surface area (Å²) in [6.45, 7) is 1.44. The van der Waals surface area contributed by atoms with Crippen LogP contribution in [-0.2, 0) is 0 Å². The van der Waals surface area contributed by atoms with E-state index < -0.39 is 0 Å². The van der Waals surface area contributed by atoms with Crippen LogP contribution in [0.4, 0.5) is 0 Å². The van der Waals surface area contributed by atoms with Crippen LogP contribution in [0.2, 0.25) is 0 Å². The Morgan fingerprint density at radius 2 is 1.89 bits per heavy atom. The number of benzene rings is 1. The van der Waals surface area contributed by atoms with E-state index >= 15 is 0 Å². The summed E-state index contributed by atoms with van der Waals surface area (Å²) in [6.07, 6.45) is 0. The van der Waals surface area contributed by atoms with Gasteiger partial charge in [-0.2, -0.15) is 5.10 Å². The Bertz CT molecular complexity index is 669. The highest BCUT2D eigenvalue weighted by Gasteiger charge is 2.15. The van der Waals surface area contributed by atoms with E-state index in [1.54, 1.807) is 0 Å². The quantitative estimate of drug-likeness (QED) is 0.698. The third-order valence-corrected chi connectivity index (χ3v) is 4.67. The minimum Gasteiger partial charge on any atom is -0.292 e. The van der Waals surface area contributed by atoms with Gasteiger partial charge in [0.05, 0.1) is 5.69 Å². The van der Waals surface area contributed by atoms with E-state index in [-0.39, 0.29) is 10.6 Å². The number of aromatic nitrogens is 2. The van der Waals surface area contributed by atoms with Gasteiger partial charge in [0.2, 0.25) is 4.80 Å². The van der Waals surface area contributed by atoms with Crippen molar-refractivity contribution in [2.24, 2.45) is 0 Å². The summed E-state index contributed by atoms with van der Waals surface area (Å²) in [5.41, 5.74) is 0.701. The smallest absolute Gasteiger partial charge is 0.205 e. The van der Waals surface area contributed by atoms with Crippen LogP contribution in [0, 0.1) is 5.41 Å². The van der Waals surface area contributed by atoms with E-state index in [1.807, 2.05) is 12.1 Å². The van der Waals surface area contributed by atoms with Crippen molar-refractivity contribution in [1.29, 1.82) is 5.41 Å². The SMILES string of the molecule is CC(=O)c1nn(-c2c(Br)cc(Br)cc2Br)c(=N)s1. The molecule has 4 nitrogen and oxygen atoms in total. The summed E-state index contributed by atoms with van der Waals surface area (Å²) in [5.74, 6) is -0.142. The topological polar surface area (TPSA) is 58.7 Å². The van der Waals surface area contributed by atoms with Crippen LogP contribution in [0.15, 0.2) is 25.6 Å². The minimum absolute atomic E-state index is 0.142. The maximum atomic E-state index is 11.3. The van der Waals surface area contributed by atoms with Crippen molar-refractivity contribution in [3.63, 3.8) is 0 Å². The van der Waals surface area contributed by atoms with Crippen molar-refractivity contribution < 1.29 is 4.79 Å². The van der Waals surface area contributed by atoms with Crippen LogP contribution in [0.3, 0.4) is 0 Å². The maximum absolute atomic E-state index is 11.3. The third-order valence-electron chi connectivity index (χ3n) is 2.07. The molecule has 0 saturated heterocycles. The maximum Gasteiger partial charge on any atom is 0.205 e. The number of carbonyl (C=O) groups is 1. The number of Topliss-reactive ketones (excluding diaryl/α,β-unsaturated/α-hetero) is 1. The highest BCUT2D eigenvalue weighted by atomic mass is 79.9. The molecule has 18 heavy (non-hydrogen) atoms. The molecular weight excluding hydrogens is 450 g/mol. The normalized spacial score (nSPS) is 10.7. The zero-order valence-electron chi connectivity index (χ0n) is 9.00. The van der Waals surface area contributed by atoms with Gasteiger partial charge < -0.3 is 0 Å². The molecule has 0 unspecified atom stereocenters. The first-order valence-corrected chi connectivity index (χ1v) is 7.90. The number of hydrogen-bond acceptors (Lipinski definition) is 4. The fourth-order valence-corrected chi connectivity index (χ4v) is 4.58. The molecule has 0 amide bonds. The van der Waals surface area contributed by atoms with E-state index in [2.05, 4.69) is 52.9 Å². The van der Waals surface area contributed by atoms with Gasteiger partial charge in [-0.05, 0) is 44.0 Å². The highest BCUT2D eigenvalue weighted by molar-refractivity contribution is 9.11. The number of carbonyl (C=O) groups excluding carboxylic acids is 1. The van der Waals surface area contributed by atoms with Gasteiger partial charge in [-0.25, -0.2) is 4.68 Å². The fraction of sp³-hybridized carbons (Fsp3) is 0.100. The molecule has 0 aliphatic heterocycles. The molecule has 2 aromatic rings. The first-order chi connectivity index (χ1) is 8.40. The van der Waals surface area contributed by atoms with Gasteiger partial charge >= 0.3 is 0 Å². The van der Waals surface area contributed by atoms with Gasteiger partial charge in [0, 0.05) is 20.3 Å². The Balaban J connectivity index is 2.70. The standard InChI is InChI=1S/C10H6Br3N3OS/c1-4(17)9-15-16(10(14)18-9)8-6(12)2-5(11)3-7(8)13/h2-3,14H,1H3. The Hall–Kier alpha value is -0.310. The molecule has 1 heterocycles. The molecular formula is C10H6Br3N3OS. The molecule has 0 bridgehead atoms. The van der Waals surface area contributed by atoms with Crippen molar-refractivity contribution in [1.82, 2.24) is 9.78 Å². The van der Waals surface area contributed by atoms with Crippen molar-refractivity contribution in [3.05, 3.63) is 35.4 Å². The fourth-order valence-electron chi connectivity index (χ4n) is 1.32. The first-order valence-electron chi connectivity index (χ1n) is 4.70. The lowest BCUT2D eigenvalue weighted by molar-refractivity contribution is 0.101. The molecule has 0 radical (unpaired) electrons. The summed E-state index contributed by atoms with van der Waals surface area (Å²) in [4.78, 5) is 11.5. The minimum atomic E-state index is -0.142. The van der Waals surface area contributed by atoms with Crippen LogP contribution < -0.4 is 4.80 Å². The van der Waals surface area contributed by atoms with E-state index in [9.17, 15) is 4.79 Å². The molecule has 1 N–H and O–H groups in total. The van der Waals surface area contributed by atoms with Crippen LogP contribution in [-0.4, -0.2) is 15.6 Å². The summed E-state index contributed by atoms with van der Waals surface area (Å²) < 4.78 is 3.90. The Labute approximate surface area is 132 Å². The lowest BCUT2D eigenvalue weighted by Gasteiger charge is -2.07. The van der Waals surface area contributed by atoms with E-state index in [0.717, 1.165) is 24.8 Å². The van der Waals surface area contributed by atoms with Crippen LogP contribution in [0.25, 0.3) is 5.69 Å². The number of rotatable bonds is 2. The van der Waals surface area contributed by atoms with Gasteiger partial charge in [0.1, 0.15) is 0 Å². The zero-order chi connectivity index (χ0) is 13.4. The van der Waals surface area contributed by atoms with Crippen LogP contribution in [0.1, 0.15) is 16.7 Å². The number of ketones is 1. The number of nitrogens with zero attached hydrogens (tertiary/aromatic N) is 2. The summed E-state index contributed by atoms with van der Waals surface area (Å²) >= 11 is 11.3. The van der Waals surface area contributed by atoms with Crippen molar-refractivity contribution in [2.75, 3.05) is 0 Å². The van der Waals surface area contributed by atoms with Gasteiger partial charge in [0.25, 0.3) is 0 Å². The van der Waals surface area contributed by atoms with Gasteiger partial charge in [-0.1, -0.05) is 27.3 Å². The second-order valence-corrected chi connectivity index (χ2v) is 7.00. The van der Waals surface area contributed by atoms with Gasteiger partial charge in [-0.3, -0.25) is 10.2 Å². The Morgan fingerprint density at radius 1 is 1.33 bits per heavy atom. The highest BCUT2D eigenvalue weighted by Crippen LogP contribution is 2.32. The molecule has 8 heteroatoms. The van der Waals surface area contributed by atoms with Crippen LogP contribution >= 0.6 is 59.1 Å². The number of nitrogens with one attached hydrogen (secondary N) is 1. The molecule has 0 saturated carbocycles. The van der Waals surface area contributed by atoms with Crippen molar-refractivity contribution >= 4 is 64.9 Å². The van der Waals surface area contributed by atoms with Crippen LogP contribution in [0.5, 0.6) is 0 Å². The van der Waals surface area contributed by atoms with Gasteiger partial charge in [0.15, 0.2) is 10.8 Å². The predicted octanol–water partition coefficient (Wildman–Crippen LogP) is 3.90. The molecule has 0 spiro atoms. The van der Waals surface area contributed by atoms with Crippen molar-refractivity contribution in [3.8, 4) is 5.69 Å². The molecule has 1 aromatic heterocycles. The molecule has 94 valence electrons. The summed E-state index contributed by atoms with van der Waals surface area (Å²) in [7, 11) is 0. The average Bonchev–Trinajstić information content (AvgIpc) is 2.59. The Kier molecular flexibility index (Phi) is 4.20. The lowest BCUT2D eigenvalue weighted by Crippen LogP contribution is -2.14. The van der Waals surface area contributed by atoms with E-state index in [0.29, 0.717) is 10.7 Å². The molecule has 0 aliphatic rings.